The summed E-state index contributed by atoms with van der Waals surface area (Å²) in [6.07, 6.45) is 0.765. The Morgan fingerprint density at radius 1 is 0.955 bits per heavy atom. The number of amides is 1. The number of nitrogens with zero attached hydrogens (tertiary/aromatic N) is 3. The first-order chi connectivity index (χ1) is 21.0. The third-order valence-corrected chi connectivity index (χ3v) is 9.14. The molecule has 1 atom stereocenters. The molecule has 0 saturated heterocycles. The summed E-state index contributed by atoms with van der Waals surface area (Å²) in [5, 5.41) is 12.2. The molecule has 1 amide bonds. The minimum Gasteiger partial charge on any atom is -0.493 e. The van der Waals surface area contributed by atoms with E-state index in [1.54, 1.807) is 67.8 Å². The van der Waals surface area contributed by atoms with E-state index in [4.69, 9.17) is 18.6 Å². The van der Waals surface area contributed by atoms with Gasteiger partial charge >= 0.3 is 6.09 Å². The lowest BCUT2D eigenvalue weighted by Gasteiger charge is -2.22. The Kier molecular flexibility index (Phi) is 7.32. The largest absolute Gasteiger partial charge is 0.493 e. The van der Waals surface area contributed by atoms with Gasteiger partial charge in [-0.15, -0.1) is 10.2 Å². The summed E-state index contributed by atoms with van der Waals surface area (Å²) < 4.78 is 51.8. The summed E-state index contributed by atoms with van der Waals surface area (Å²) in [5.74, 6) is 1.23. The Morgan fingerprint density at radius 3 is 2.39 bits per heavy atom. The highest BCUT2D eigenvalue weighted by molar-refractivity contribution is 7.90. The van der Waals surface area contributed by atoms with E-state index in [0.717, 1.165) is 16.5 Å². The number of carbonyl (C=O) groups is 1. The van der Waals surface area contributed by atoms with Crippen LogP contribution in [-0.2, 0) is 21.2 Å². The lowest BCUT2D eigenvalue weighted by atomic mass is 10.0. The number of fused-ring (bicyclic) bond motifs is 3. The molecule has 0 radical (unpaired) electrons. The average Bonchev–Trinajstić information content (AvgIpc) is 3.73. The number of aryl methyl sites for hydroxylation is 1. The first kappa shape index (κ1) is 29.2. The first-order valence-corrected chi connectivity index (χ1v) is 15.5. The summed E-state index contributed by atoms with van der Waals surface area (Å²) in [4.78, 5) is 12.7. The van der Waals surface area contributed by atoms with E-state index in [1.807, 2.05) is 26.8 Å². The molecule has 0 fully saturated rings. The molecule has 6 rings (SSSR count). The number of nitrogens with one attached hydrogen (secondary N) is 1. The van der Waals surface area contributed by atoms with Gasteiger partial charge in [-0.05, 0) is 87.2 Å². The van der Waals surface area contributed by atoms with Crippen molar-refractivity contribution in [3.8, 4) is 34.5 Å². The number of hydrogen-bond acceptors (Lipinski definition) is 9. The molecule has 0 spiro atoms. The van der Waals surface area contributed by atoms with Gasteiger partial charge in [-0.2, -0.15) is 0 Å². The van der Waals surface area contributed by atoms with Crippen LogP contribution in [0.2, 0.25) is 0 Å². The van der Waals surface area contributed by atoms with Crippen molar-refractivity contribution >= 4 is 27.0 Å². The van der Waals surface area contributed by atoms with Crippen LogP contribution in [-0.4, -0.2) is 48.5 Å². The topological polar surface area (TPSA) is 135 Å². The van der Waals surface area contributed by atoms with Crippen molar-refractivity contribution < 1.29 is 31.8 Å². The van der Waals surface area contributed by atoms with Crippen molar-refractivity contribution in [1.82, 2.24) is 19.5 Å². The maximum atomic E-state index is 14.1. The normalized spacial score (nSPS) is 14.8. The Bertz CT molecular complexity index is 1980. The van der Waals surface area contributed by atoms with Gasteiger partial charge in [0.15, 0.2) is 11.5 Å². The van der Waals surface area contributed by atoms with Gasteiger partial charge in [0, 0.05) is 10.9 Å². The smallest absolute Gasteiger partial charge is 0.408 e. The van der Waals surface area contributed by atoms with E-state index in [-0.39, 0.29) is 28.4 Å². The minimum atomic E-state index is -4.08. The predicted molar refractivity (Wildman–Crippen MR) is 163 cm³/mol. The van der Waals surface area contributed by atoms with Gasteiger partial charge in [-0.1, -0.05) is 24.3 Å². The van der Waals surface area contributed by atoms with Crippen LogP contribution in [0, 0.1) is 0 Å². The van der Waals surface area contributed by atoms with Crippen molar-refractivity contribution in [2.45, 2.75) is 50.2 Å². The zero-order chi connectivity index (χ0) is 31.2. The first-order valence-electron chi connectivity index (χ1n) is 14.0. The van der Waals surface area contributed by atoms with Crippen LogP contribution in [0.25, 0.3) is 33.9 Å². The molecule has 0 bridgehead atoms. The van der Waals surface area contributed by atoms with Gasteiger partial charge in [0.2, 0.25) is 5.89 Å². The maximum Gasteiger partial charge on any atom is 0.408 e. The number of hydrogen-bond donors (Lipinski definition) is 1. The van der Waals surface area contributed by atoms with E-state index in [9.17, 15) is 13.2 Å². The lowest BCUT2D eigenvalue weighted by Crippen LogP contribution is -2.34. The molecule has 0 saturated carbocycles. The van der Waals surface area contributed by atoms with E-state index in [0.29, 0.717) is 35.4 Å². The van der Waals surface area contributed by atoms with Crippen molar-refractivity contribution in [3.05, 3.63) is 77.9 Å². The fraction of sp³-hybridized carbons (Fsp3) is 0.281. The standard InChI is InChI=1S/C32H32N4O7S/c1-32(2,3)43-31(37)33-24-14-12-21-22(24)13-15-25-23(21)18-26(36(25)44(38,39)20-9-7-6-8-10-20)30-35-34-29(42-30)19-11-16-27(40-4)28(17-19)41-5/h6-11,13,15-18,24H,12,14H2,1-5H3,(H,33,37). The highest BCUT2D eigenvalue weighted by atomic mass is 32.2. The summed E-state index contributed by atoms with van der Waals surface area (Å²) in [6.45, 7) is 5.43. The molecule has 1 aliphatic rings. The van der Waals surface area contributed by atoms with Crippen molar-refractivity contribution in [2.75, 3.05) is 14.2 Å². The Balaban J connectivity index is 1.48. The van der Waals surface area contributed by atoms with Crippen molar-refractivity contribution in [3.63, 3.8) is 0 Å². The van der Waals surface area contributed by atoms with E-state index in [1.165, 1.54) is 11.1 Å². The van der Waals surface area contributed by atoms with Gasteiger partial charge in [0.1, 0.15) is 11.3 Å². The number of carbonyl (C=O) groups excluding carboxylic acids is 1. The molecule has 44 heavy (non-hydrogen) atoms. The van der Waals surface area contributed by atoms with Crippen LogP contribution in [0.15, 0.2) is 76.0 Å². The van der Waals surface area contributed by atoms with Gasteiger partial charge in [-0.25, -0.2) is 17.2 Å². The molecule has 1 unspecified atom stereocenters. The third-order valence-electron chi connectivity index (χ3n) is 7.39. The molecule has 228 valence electrons. The van der Waals surface area contributed by atoms with Gasteiger partial charge in [0.25, 0.3) is 15.9 Å². The number of benzene rings is 3. The second kappa shape index (κ2) is 11.0. The van der Waals surface area contributed by atoms with Crippen molar-refractivity contribution in [2.24, 2.45) is 0 Å². The Morgan fingerprint density at radius 2 is 1.68 bits per heavy atom. The van der Waals surface area contributed by atoms with Gasteiger partial charge in [0.05, 0.1) is 30.7 Å². The second-order valence-corrected chi connectivity index (χ2v) is 13.2. The molecule has 3 aromatic carbocycles. The number of methoxy groups -OCH3 is 2. The summed E-state index contributed by atoms with van der Waals surface area (Å²) >= 11 is 0. The third kappa shape index (κ3) is 5.25. The molecule has 11 nitrogen and oxygen atoms in total. The Labute approximate surface area is 254 Å². The van der Waals surface area contributed by atoms with Gasteiger partial charge < -0.3 is 23.9 Å². The quantitative estimate of drug-likeness (QED) is 0.229. The van der Waals surface area contributed by atoms with E-state index >= 15 is 0 Å². The molecular formula is C32H32N4O7S. The second-order valence-electron chi connectivity index (χ2n) is 11.4. The highest BCUT2D eigenvalue weighted by Crippen LogP contribution is 2.41. The average molecular weight is 617 g/mol. The monoisotopic (exact) mass is 616 g/mol. The number of aromatic nitrogens is 3. The minimum absolute atomic E-state index is 0.0284. The molecule has 5 aromatic rings. The van der Waals surface area contributed by atoms with E-state index in [2.05, 4.69) is 15.5 Å². The fourth-order valence-corrected chi connectivity index (χ4v) is 7.02. The zero-order valence-electron chi connectivity index (χ0n) is 25.0. The van der Waals surface area contributed by atoms with Crippen LogP contribution in [0.4, 0.5) is 4.79 Å². The molecule has 0 aliphatic heterocycles. The molecule has 2 aromatic heterocycles. The number of ether oxygens (including phenoxy) is 3. The summed E-state index contributed by atoms with van der Waals surface area (Å²) in [6, 6.07) is 18.5. The number of rotatable bonds is 7. The summed E-state index contributed by atoms with van der Waals surface area (Å²) in [5.41, 5.74) is 2.47. The van der Waals surface area contributed by atoms with E-state index < -0.39 is 21.7 Å². The predicted octanol–water partition coefficient (Wildman–Crippen LogP) is 6.12. The lowest BCUT2D eigenvalue weighted by molar-refractivity contribution is 0.0503. The summed E-state index contributed by atoms with van der Waals surface area (Å²) in [7, 11) is -1.01. The van der Waals surface area contributed by atoms with Crippen molar-refractivity contribution in [1.29, 1.82) is 0 Å². The van der Waals surface area contributed by atoms with Crippen LogP contribution in [0.1, 0.15) is 44.4 Å². The van der Waals surface area contributed by atoms with Gasteiger partial charge in [-0.3, -0.25) is 0 Å². The van der Waals surface area contributed by atoms with Crippen LogP contribution < -0.4 is 14.8 Å². The highest BCUT2D eigenvalue weighted by Gasteiger charge is 2.32. The number of alkyl carbamates (subject to hydrolysis) is 1. The van der Waals surface area contributed by atoms with Crippen LogP contribution >= 0.6 is 0 Å². The maximum absolute atomic E-state index is 14.1. The molecule has 1 aliphatic carbocycles. The SMILES string of the molecule is COc1ccc(-c2nnc(-c3cc4c5c(ccc4n3S(=O)(=O)c3ccccc3)C(NC(=O)OC(C)(C)C)CC5)o2)cc1OC. The zero-order valence-corrected chi connectivity index (χ0v) is 25.8. The molecule has 1 N–H and O–H groups in total. The molecule has 2 heterocycles. The van der Waals surface area contributed by atoms with Crippen LogP contribution in [0.3, 0.4) is 0 Å². The fourth-order valence-electron chi connectivity index (χ4n) is 5.50. The molecular weight excluding hydrogens is 584 g/mol. The Hall–Kier alpha value is -4.84. The van der Waals surface area contributed by atoms with Crippen LogP contribution in [0.5, 0.6) is 11.5 Å². The molecule has 12 heteroatoms.